The Morgan fingerprint density at radius 1 is 0.446 bits per heavy atom. The maximum absolute atomic E-state index is 14.0. The number of aromatic hydroxyl groups is 2. The van der Waals surface area contributed by atoms with Crippen molar-refractivity contribution in [1.82, 2.24) is 71.4 Å². The number of ether oxygens (including phenoxy) is 8. The lowest BCUT2D eigenvalue weighted by atomic mass is 9.85. The number of aromatic nitrogens is 8. The third-order valence-electron chi connectivity index (χ3n) is 26.9. The second-order valence-electron chi connectivity index (χ2n) is 39.7. The summed E-state index contributed by atoms with van der Waals surface area (Å²) >= 11 is 3.14. The van der Waals surface area contributed by atoms with Crippen LogP contribution in [0.3, 0.4) is 0 Å². The van der Waals surface area contributed by atoms with Crippen LogP contribution in [0.5, 0.6) is 11.5 Å². The number of piperazine rings is 2. The van der Waals surface area contributed by atoms with E-state index in [1.165, 1.54) is 9.80 Å². The third-order valence-corrected chi connectivity index (χ3v) is 28.8. The Labute approximate surface area is 870 Å². The van der Waals surface area contributed by atoms with E-state index in [4.69, 9.17) is 49.4 Å². The van der Waals surface area contributed by atoms with Gasteiger partial charge in [-0.25, -0.2) is 9.97 Å². The molecular formula is C108H136N20O18S2. The average Bonchev–Trinajstić information content (AvgIpc) is 1.62. The number of aliphatic hydroxyl groups excluding tert-OH is 2. The lowest BCUT2D eigenvalue weighted by Crippen LogP contribution is -2.58. The first-order valence-corrected chi connectivity index (χ1v) is 52.1. The normalized spacial score (nSPS) is 19.1. The summed E-state index contributed by atoms with van der Waals surface area (Å²) in [7, 11) is 0. The molecule has 12 N–H and O–H groups in total. The van der Waals surface area contributed by atoms with Gasteiger partial charge in [0.15, 0.2) is 11.6 Å². The zero-order valence-electron chi connectivity index (χ0n) is 85.0. The number of fused-ring (bicyclic) bond motifs is 4. The minimum Gasteiger partial charge on any atom is -0.507 e. The zero-order valence-corrected chi connectivity index (χ0v) is 86.7. The van der Waals surface area contributed by atoms with Crippen LogP contribution in [-0.2, 0) is 79.8 Å². The van der Waals surface area contributed by atoms with E-state index in [0.29, 0.717) is 124 Å². The number of aryl methyl sites for hydroxylation is 2. The Bertz CT molecular complexity index is 5770. The summed E-state index contributed by atoms with van der Waals surface area (Å²) in [4.78, 5) is 113. The van der Waals surface area contributed by atoms with Gasteiger partial charge in [-0.1, -0.05) is 126 Å². The molecule has 16 rings (SSSR count). The van der Waals surface area contributed by atoms with E-state index in [2.05, 4.69) is 105 Å². The SMILES string of the molecule is Cc1ncsc1-c1ccc(CNC(=O)[C@@H]2C[C@@H](O)CN2C(=O)[C@@H](NC(=O)COCCOCCOCCOC/C=C/c2cc(N3C4CCC3CN(c3cc(-c5ccccc5O)nnc3N)C4)ccn2)C(C)(C)C)cc1.Cc1ncsc1-c1ccc(CNC(=O)[C@@H]2C[C@@H](O)CN2C(=O)[C@@H](NC(=O)COCCOCCOCCOC/C=C/c2cc(N3C4CCC3CN(c3cc(-c5ccccc5O)nnc3N)C4)ccn2)C(C)(C)C)cc1. The van der Waals surface area contributed by atoms with Crippen LogP contribution < -0.4 is 52.3 Å². The predicted molar refractivity (Wildman–Crippen MR) is 566 cm³/mol. The topological polar surface area (TPSA) is 480 Å². The smallest absolute Gasteiger partial charge is 0.246 e. The molecule has 6 aliphatic rings. The highest BCUT2D eigenvalue weighted by atomic mass is 32.1. The number of amides is 6. The maximum atomic E-state index is 14.0. The van der Waals surface area contributed by atoms with Crippen molar-refractivity contribution in [2.45, 2.75) is 168 Å². The summed E-state index contributed by atoms with van der Waals surface area (Å²) in [5.41, 5.74) is 28.7. The highest BCUT2D eigenvalue weighted by molar-refractivity contribution is 7.13. The van der Waals surface area contributed by atoms with Gasteiger partial charge in [0.2, 0.25) is 35.4 Å². The number of para-hydroxylation sites is 2. The van der Waals surface area contributed by atoms with Crippen LogP contribution in [0.25, 0.3) is 55.5 Å². The molecule has 6 amide bonds. The number of likely N-dealkylation sites (tertiary alicyclic amines) is 2. The number of nitrogens with zero attached hydrogens (tertiary/aromatic N) is 14. The first kappa shape index (κ1) is 109. The van der Waals surface area contributed by atoms with E-state index in [1.807, 2.05) is 188 Å². The van der Waals surface area contributed by atoms with Crippen molar-refractivity contribution >= 4 is 105 Å². The van der Waals surface area contributed by atoms with Crippen molar-refractivity contribution in [3.05, 3.63) is 203 Å². The van der Waals surface area contributed by atoms with Gasteiger partial charge in [0.25, 0.3) is 0 Å². The number of thiazole rings is 2. The molecule has 10 atom stereocenters. The van der Waals surface area contributed by atoms with Gasteiger partial charge in [-0.3, -0.25) is 38.7 Å². The van der Waals surface area contributed by atoms with Crippen LogP contribution in [0.15, 0.2) is 169 Å². The fourth-order valence-electron chi connectivity index (χ4n) is 19.4. The Morgan fingerprint density at radius 2 is 0.797 bits per heavy atom. The fourth-order valence-corrected chi connectivity index (χ4v) is 21.0. The van der Waals surface area contributed by atoms with Gasteiger partial charge in [0, 0.05) is 124 Å². The number of β-amino-alcohol motifs (C(OH)–C–C–N with tert-alkyl or cyclic N) is 2. The number of pyridine rings is 2. The fraction of sp³-hybridized carbons (Fsp3) is 0.463. The summed E-state index contributed by atoms with van der Waals surface area (Å²) in [6.45, 7) is 22.6. The Kier molecular flexibility index (Phi) is 38.5. The van der Waals surface area contributed by atoms with Gasteiger partial charge >= 0.3 is 0 Å². The van der Waals surface area contributed by atoms with Crippen LogP contribution in [-0.4, -0.2) is 312 Å². The molecule has 38 nitrogen and oxygen atoms in total. The monoisotopic (exact) mass is 2060 g/mol. The lowest BCUT2D eigenvalue weighted by molar-refractivity contribution is -0.144. The van der Waals surface area contributed by atoms with E-state index in [1.54, 1.807) is 46.9 Å². The quantitative estimate of drug-likeness (QED) is 0.0159. The molecule has 4 bridgehead atoms. The number of phenolic OH excluding ortho intramolecular Hbond substituents is 2. The maximum Gasteiger partial charge on any atom is 0.246 e. The van der Waals surface area contributed by atoms with E-state index in [-0.39, 0.29) is 102 Å². The number of aliphatic hydroxyl groups is 2. The molecule has 4 unspecified atom stereocenters. The predicted octanol–water partition coefficient (Wildman–Crippen LogP) is 10.0. The van der Waals surface area contributed by atoms with Gasteiger partial charge in [-0.2, -0.15) is 0 Å². The van der Waals surface area contributed by atoms with Crippen LogP contribution in [0.1, 0.15) is 114 Å². The summed E-state index contributed by atoms with van der Waals surface area (Å²) in [6, 6.07) is 39.6. The van der Waals surface area contributed by atoms with Gasteiger partial charge < -0.3 is 120 Å². The molecule has 148 heavy (non-hydrogen) atoms. The number of benzene rings is 4. The van der Waals surface area contributed by atoms with E-state index in [9.17, 15) is 49.2 Å². The largest absolute Gasteiger partial charge is 0.507 e. The van der Waals surface area contributed by atoms with Crippen LogP contribution >= 0.6 is 22.7 Å². The molecule has 0 aliphatic carbocycles. The molecule has 10 aromatic rings. The molecule has 40 heteroatoms. The molecule has 6 saturated heterocycles. The molecule has 6 fully saturated rings. The summed E-state index contributed by atoms with van der Waals surface area (Å²) in [5.74, 6) is -1.55. The number of phenols is 2. The summed E-state index contributed by atoms with van der Waals surface area (Å²) < 4.78 is 45.1. The number of anilines is 6. The second kappa shape index (κ2) is 52.2. The van der Waals surface area contributed by atoms with Crippen molar-refractivity contribution in [1.29, 1.82) is 0 Å². The molecule has 788 valence electrons. The zero-order chi connectivity index (χ0) is 104. The van der Waals surface area contributed by atoms with E-state index >= 15 is 0 Å². The first-order valence-electron chi connectivity index (χ1n) is 50.3. The molecule has 6 aromatic heterocycles. The number of rotatable bonds is 46. The highest BCUT2D eigenvalue weighted by Gasteiger charge is 2.48. The minimum atomic E-state index is -0.966. The standard InChI is InChI=1S/2C54H68N10O9S/c2*1-35-49(74-34-58-35)37-13-11-36(12-14-37)29-57-52(68)46-27-42(65)32-63(46)53(69)50(54(2,3)4)59-48(67)33-73-25-24-72-23-22-71-21-20-70-19-7-8-38-26-39(17-18-56-38)64-40-15-16-41(64)31-62(30-40)45-28-44(60-61-51(45)55)43-9-5-6-10-47(43)66/h2*5-14,17-18,26,28,34,40-42,46,50,65-66H,15-16,19-25,27,29-33H2,1-4H3,(H2,55,61)(H,57,68)(H,59,67)/b2*8-7+/t2*40?,41?,42-,46+,50-/m11/s1. The van der Waals surface area contributed by atoms with Crippen molar-refractivity contribution in [3.8, 4) is 54.9 Å². The minimum absolute atomic E-state index is 0.0170. The van der Waals surface area contributed by atoms with Gasteiger partial charge in [0.05, 0.1) is 171 Å². The summed E-state index contributed by atoms with van der Waals surface area (Å²) in [5, 5.41) is 70.4. The molecule has 12 heterocycles. The molecule has 0 saturated carbocycles. The number of carbonyl (C=O) groups excluding carboxylic acids is 6. The molecule has 0 spiro atoms. The molecule has 6 aliphatic heterocycles. The molecule has 4 aromatic carbocycles. The van der Waals surface area contributed by atoms with Gasteiger partial charge in [-0.15, -0.1) is 43.1 Å². The van der Waals surface area contributed by atoms with Crippen molar-refractivity contribution in [3.63, 3.8) is 0 Å². The average molecular weight is 2070 g/mol. The number of nitrogens with two attached hydrogens (primary N) is 2. The first-order chi connectivity index (χ1) is 71.5. The Morgan fingerprint density at radius 3 is 1.14 bits per heavy atom. The van der Waals surface area contributed by atoms with Crippen LogP contribution in [0.2, 0.25) is 0 Å². The van der Waals surface area contributed by atoms with E-state index < -0.39 is 70.8 Å². The van der Waals surface area contributed by atoms with E-state index in [0.717, 1.165) is 129 Å². The molecular weight excluding hydrogens is 1930 g/mol. The number of hydrogen-bond acceptors (Lipinski definition) is 34. The Hall–Kier alpha value is -13.1. The number of nitrogen functional groups attached to an aromatic ring is 2. The van der Waals surface area contributed by atoms with Crippen LogP contribution in [0, 0.1) is 24.7 Å². The van der Waals surface area contributed by atoms with Crippen LogP contribution in [0.4, 0.5) is 34.4 Å². The number of nitrogens with one attached hydrogen (secondary N) is 4. The van der Waals surface area contributed by atoms with Crippen molar-refractivity contribution in [2.75, 3.05) is 176 Å². The Balaban J connectivity index is 0.000000222. The third kappa shape index (κ3) is 29.3. The van der Waals surface area contributed by atoms with Gasteiger partial charge in [0.1, 0.15) is 48.9 Å². The number of hydrogen-bond donors (Lipinski definition) is 10. The van der Waals surface area contributed by atoms with Gasteiger partial charge in [-0.05, 0) is 145 Å². The van der Waals surface area contributed by atoms with Crippen molar-refractivity contribution in [2.24, 2.45) is 10.8 Å². The highest BCUT2D eigenvalue weighted by Crippen LogP contribution is 2.43. The number of carbonyl (C=O) groups is 6. The molecule has 0 radical (unpaired) electrons. The second-order valence-corrected chi connectivity index (χ2v) is 41.4. The van der Waals surface area contributed by atoms with Crippen molar-refractivity contribution < 1.29 is 87.1 Å². The lowest BCUT2D eigenvalue weighted by Gasteiger charge is -2.43. The summed E-state index contributed by atoms with van der Waals surface area (Å²) in [6.07, 6.45) is 14.2.